The molecule has 0 spiro atoms. The highest BCUT2D eigenvalue weighted by Gasteiger charge is 2.42. The molecule has 2 aliphatic rings. The fourth-order valence-electron chi connectivity index (χ4n) is 3.91. The molecule has 0 aromatic heterocycles. The van der Waals surface area contributed by atoms with Gasteiger partial charge in [-0.3, -0.25) is 4.79 Å². The maximum Gasteiger partial charge on any atom is 0.338 e. The average molecular weight is 501 g/mol. The van der Waals surface area contributed by atoms with E-state index in [0.29, 0.717) is 40.0 Å². The van der Waals surface area contributed by atoms with E-state index < -0.39 is 12.0 Å². The highest BCUT2D eigenvalue weighted by Crippen LogP contribution is 2.48. The second-order valence-electron chi connectivity index (χ2n) is 8.19. The van der Waals surface area contributed by atoms with E-state index in [4.69, 9.17) is 14.2 Å². The van der Waals surface area contributed by atoms with E-state index in [1.54, 1.807) is 27.2 Å². The van der Waals surface area contributed by atoms with Crippen LogP contribution in [-0.2, 0) is 14.3 Å². The van der Waals surface area contributed by atoms with Crippen LogP contribution in [-0.4, -0.2) is 74.9 Å². The van der Waals surface area contributed by atoms with E-state index in [9.17, 15) is 9.59 Å². The molecule has 1 aromatic carbocycles. The number of amidine groups is 1. The van der Waals surface area contributed by atoms with Crippen molar-refractivity contribution in [3.05, 3.63) is 58.8 Å². The van der Waals surface area contributed by atoms with Crippen molar-refractivity contribution in [3.8, 4) is 11.5 Å². The Labute approximate surface area is 210 Å². The SMILES string of the molecule is C=CCOC(=O)C1=C(C)N=C2SC=C(CC(=O)NCCN(C)C)N2[C@@H]1c1cccc(OC)c1OC. The molecule has 3 rings (SSSR count). The predicted octanol–water partition coefficient (Wildman–Crippen LogP) is 3.08. The summed E-state index contributed by atoms with van der Waals surface area (Å²) in [7, 11) is 7.02. The summed E-state index contributed by atoms with van der Waals surface area (Å²) in [4.78, 5) is 34.5. The number of hydrogen-bond donors (Lipinski definition) is 1. The Bertz CT molecular complexity index is 1080. The smallest absolute Gasteiger partial charge is 0.338 e. The van der Waals surface area contributed by atoms with Crippen LogP contribution in [0, 0.1) is 0 Å². The summed E-state index contributed by atoms with van der Waals surface area (Å²) < 4.78 is 16.7. The summed E-state index contributed by atoms with van der Waals surface area (Å²) in [5.74, 6) is 0.407. The van der Waals surface area contributed by atoms with Gasteiger partial charge in [0.1, 0.15) is 6.61 Å². The van der Waals surface area contributed by atoms with E-state index in [1.807, 2.05) is 41.4 Å². The molecule has 9 nitrogen and oxygen atoms in total. The number of hydrogen-bond acceptors (Lipinski definition) is 9. The molecule has 1 aromatic rings. The van der Waals surface area contributed by atoms with Gasteiger partial charge in [0.25, 0.3) is 0 Å². The van der Waals surface area contributed by atoms with Crippen molar-refractivity contribution in [2.24, 2.45) is 4.99 Å². The van der Waals surface area contributed by atoms with Gasteiger partial charge in [0.15, 0.2) is 16.7 Å². The largest absolute Gasteiger partial charge is 0.493 e. The number of ether oxygens (including phenoxy) is 3. The molecule has 0 bridgehead atoms. The minimum absolute atomic E-state index is 0.0693. The molecule has 2 heterocycles. The van der Waals surface area contributed by atoms with E-state index in [1.165, 1.54) is 17.8 Å². The normalized spacial score (nSPS) is 17.0. The van der Waals surface area contributed by atoms with Crippen molar-refractivity contribution < 1.29 is 23.8 Å². The molecule has 1 N–H and O–H groups in total. The van der Waals surface area contributed by atoms with Gasteiger partial charge in [0, 0.05) is 24.4 Å². The van der Waals surface area contributed by atoms with Crippen LogP contribution in [0.2, 0.25) is 0 Å². The summed E-state index contributed by atoms with van der Waals surface area (Å²) in [6.45, 7) is 6.75. The van der Waals surface area contributed by atoms with Gasteiger partial charge in [-0.15, -0.1) is 0 Å². The fourth-order valence-corrected chi connectivity index (χ4v) is 4.87. The summed E-state index contributed by atoms with van der Waals surface area (Å²) in [6.07, 6.45) is 1.65. The first kappa shape index (κ1) is 26.4. The molecule has 0 fully saturated rings. The summed E-state index contributed by atoms with van der Waals surface area (Å²) >= 11 is 1.41. The molecule has 1 amide bonds. The number of methoxy groups -OCH3 is 2. The van der Waals surface area contributed by atoms with E-state index in [2.05, 4.69) is 16.9 Å². The lowest BCUT2D eigenvalue weighted by Gasteiger charge is -2.37. The molecule has 0 unspecified atom stereocenters. The van der Waals surface area contributed by atoms with Gasteiger partial charge in [-0.25, -0.2) is 9.79 Å². The highest BCUT2D eigenvalue weighted by atomic mass is 32.2. The number of esters is 1. The lowest BCUT2D eigenvalue weighted by atomic mass is 9.92. The van der Waals surface area contributed by atoms with E-state index >= 15 is 0 Å². The molecule has 1 atom stereocenters. The monoisotopic (exact) mass is 500 g/mol. The number of benzene rings is 1. The third-order valence-corrected chi connectivity index (χ3v) is 6.39. The molecule has 10 heteroatoms. The van der Waals surface area contributed by atoms with Crippen molar-refractivity contribution >= 4 is 28.8 Å². The first-order valence-electron chi connectivity index (χ1n) is 11.2. The number of nitrogens with one attached hydrogen (secondary N) is 1. The number of allylic oxidation sites excluding steroid dienone is 1. The van der Waals surface area contributed by atoms with Gasteiger partial charge in [-0.05, 0) is 32.5 Å². The van der Waals surface area contributed by atoms with Crippen LogP contribution in [0.1, 0.15) is 24.9 Å². The Hall–Kier alpha value is -3.24. The lowest BCUT2D eigenvalue weighted by Crippen LogP contribution is -2.38. The number of carbonyl (C=O) groups is 2. The number of aliphatic imine (C=N–C) groups is 1. The van der Waals surface area contributed by atoms with E-state index in [-0.39, 0.29) is 18.9 Å². The zero-order chi connectivity index (χ0) is 25.5. The second-order valence-corrected chi connectivity index (χ2v) is 9.03. The number of fused-ring (bicyclic) bond motifs is 1. The number of likely N-dealkylation sites (N-methyl/N-ethyl adjacent to an activating group) is 1. The first-order valence-corrected chi connectivity index (χ1v) is 12.0. The van der Waals surface area contributed by atoms with Crippen molar-refractivity contribution in [3.63, 3.8) is 0 Å². The Morgan fingerprint density at radius 3 is 2.71 bits per heavy atom. The van der Waals surface area contributed by atoms with Crippen molar-refractivity contribution in [2.45, 2.75) is 19.4 Å². The number of para-hydroxylation sites is 1. The third-order valence-electron chi connectivity index (χ3n) is 5.50. The Morgan fingerprint density at radius 1 is 1.29 bits per heavy atom. The third kappa shape index (κ3) is 5.88. The Morgan fingerprint density at radius 2 is 2.06 bits per heavy atom. The standard InChI is InChI=1S/C25H32N4O5S/c1-7-13-34-24(31)21-16(2)27-25-29(17(15-35-25)14-20(30)26-11-12-28(3)4)22(21)18-9-8-10-19(32-5)23(18)33-6/h7-10,15,22H,1,11-14H2,2-6H3,(H,26,30)/t22-/m1/s1. The molecule has 0 radical (unpaired) electrons. The number of carbonyl (C=O) groups excluding carboxylic acids is 2. The van der Waals surface area contributed by atoms with Crippen LogP contribution >= 0.6 is 11.8 Å². The van der Waals surface area contributed by atoms with Gasteiger partial charge in [-0.2, -0.15) is 0 Å². The predicted molar refractivity (Wildman–Crippen MR) is 137 cm³/mol. The molecule has 0 aliphatic carbocycles. The van der Waals surface area contributed by atoms with Crippen molar-refractivity contribution in [2.75, 3.05) is 48.0 Å². The topological polar surface area (TPSA) is 92.7 Å². The van der Waals surface area contributed by atoms with Gasteiger partial charge in [0.05, 0.1) is 38.0 Å². The zero-order valence-electron chi connectivity index (χ0n) is 20.8. The van der Waals surface area contributed by atoms with Crippen LogP contribution in [0.25, 0.3) is 0 Å². The summed E-state index contributed by atoms with van der Waals surface area (Å²) in [5.41, 5.74) is 2.33. The summed E-state index contributed by atoms with van der Waals surface area (Å²) in [5, 5.41) is 5.52. The Kier molecular flexibility index (Phi) is 9.00. The number of rotatable bonds is 11. The van der Waals surface area contributed by atoms with Gasteiger partial charge >= 0.3 is 5.97 Å². The molecular formula is C25H32N4O5S. The molecule has 35 heavy (non-hydrogen) atoms. The van der Waals surface area contributed by atoms with Crippen LogP contribution in [0.3, 0.4) is 0 Å². The highest BCUT2D eigenvalue weighted by molar-refractivity contribution is 8.16. The van der Waals surface area contributed by atoms with Gasteiger partial charge in [0.2, 0.25) is 5.91 Å². The molecule has 0 saturated heterocycles. The van der Waals surface area contributed by atoms with Crippen LogP contribution < -0.4 is 14.8 Å². The van der Waals surface area contributed by atoms with Gasteiger partial charge in [-0.1, -0.05) is 36.5 Å². The Balaban J connectivity index is 2.03. The summed E-state index contributed by atoms with van der Waals surface area (Å²) in [6, 6.07) is 4.88. The number of nitrogens with zero attached hydrogens (tertiary/aromatic N) is 3. The maximum absolute atomic E-state index is 13.2. The fraction of sp³-hybridized carbons (Fsp3) is 0.400. The minimum Gasteiger partial charge on any atom is -0.493 e. The van der Waals surface area contributed by atoms with Crippen LogP contribution in [0.15, 0.2) is 58.2 Å². The minimum atomic E-state index is -0.624. The first-order chi connectivity index (χ1) is 16.8. The van der Waals surface area contributed by atoms with Crippen molar-refractivity contribution in [1.29, 1.82) is 0 Å². The zero-order valence-corrected chi connectivity index (χ0v) is 21.6. The quantitative estimate of drug-likeness (QED) is 0.366. The number of amides is 1. The second kappa shape index (κ2) is 11.9. The number of thioether (sulfide) groups is 1. The average Bonchev–Trinajstić information content (AvgIpc) is 3.22. The maximum atomic E-state index is 13.2. The molecular weight excluding hydrogens is 468 g/mol. The molecule has 188 valence electrons. The van der Waals surface area contributed by atoms with Crippen molar-refractivity contribution in [1.82, 2.24) is 15.1 Å². The molecule has 2 aliphatic heterocycles. The van der Waals surface area contributed by atoms with E-state index in [0.717, 1.165) is 12.2 Å². The van der Waals surface area contributed by atoms with Gasteiger partial charge < -0.3 is 29.3 Å². The lowest BCUT2D eigenvalue weighted by molar-refractivity contribution is -0.138. The van der Waals surface area contributed by atoms with Crippen LogP contribution in [0.4, 0.5) is 0 Å². The van der Waals surface area contributed by atoms with Crippen LogP contribution in [0.5, 0.6) is 11.5 Å². The molecule has 0 saturated carbocycles.